The van der Waals surface area contributed by atoms with E-state index in [0.717, 1.165) is 28.3 Å². The van der Waals surface area contributed by atoms with Gasteiger partial charge in [0.1, 0.15) is 0 Å². The minimum Gasteiger partial charge on any atom is -0.310 e. The third kappa shape index (κ3) is 6.35. The molecule has 1 heterocycles. The van der Waals surface area contributed by atoms with Crippen LogP contribution in [0.15, 0.2) is 255 Å². The Balaban J connectivity index is 1.06. The van der Waals surface area contributed by atoms with Crippen molar-refractivity contribution in [2.75, 3.05) is 4.90 Å². The Labute approximate surface area is 373 Å². The van der Waals surface area contributed by atoms with Gasteiger partial charge in [0, 0.05) is 33.4 Å². The van der Waals surface area contributed by atoms with E-state index in [4.69, 9.17) is 0 Å². The lowest BCUT2D eigenvalue weighted by Crippen LogP contribution is -2.11. The molecular formula is C62H42N2. The largest absolute Gasteiger partial charge is 0.310 e. The normalized spacial score (nSPS) is 11.4. The summed E-state index contributed by atoms with van der Waals surface area (Å²) in [7, 11) is 0. The molecular weight excluding hydrogens is 773 g/mol. The molecule has 0 amide bonds. The topological polar surface area (TPSA) is 8.17 Å². The molecule has 0 aliphatic rings. The van der Waals surface area contributed by atoms with E-state index in [2.05, 4.69) is 264 Å². The first-order valence-electron chi connectivity index (χ1n) is 22.0. The van der Waals surface area contributed by atoms with Crippen LogP contribution in [0.4, 0.5) is 17.1 Å². The van der Waals surface area contributed by atoms with Crippen molar-refractivity contribution < 1.29 is 0 Å². The highest BCUT2D eigenvalue weighted by atomic mass is 15.1. The molecule has 0 aliphatic heterocycles. The van der Waals surface area contributed by atoms with Gasteiger partial charge in [-0.1, -0.05) is 200 Å². The summed E-state index contributed by atoms with van der Waals surface area (Å²) in [6.45, 7) is 0. The van der Waals surface area contributed by atoms with Crippen molar-refractivity contribution >= 4 is 60.4 Å². The standard InChI is InChI=1S/C62H42N2/c1-3-17-44(18-4-1)54-42-37-45-20-8-10-25-53(45)61(54)47-35-40-50(41-36-47)63(49-38-33-46(34-39-49)52-28-15-21-43-19-7-9-24-51(43)52)58-30-13-11-26-55(58)56-29-16-32-60-62(56)57-27-12-14-31-59(57)64(60)48-22-5-2-6-23-48/h1-42H. The summed E-state index contributed by atoms with van der Waals surface area (Å²) >= 11 is 0. The second-order valence-corrected chi connectivity index (χ2v) is 16.4. The molecule has 0 unspecified atom stereocenters. The molecule has 2 heteroatoms. The van der Waals surface area contributed by atoms with Gasteiger partial charge in [0.25, 0.3) is 0 Å². The molecule has 1 aromatic heterocycles. The molecule has 0 N–H and O–H groups in total. The van der Waals surface area contributed by atoms with Gasteiger partial charge in [-0.2, -0.15) is 0 Å². The molecule has 0 saturated carbocycles. The zero-order valence-electron chi connectivity index (χ0n) is 35.1. The van der Waals surface area contributed by atoms with Gasteiger partial charge in [-0.25, -0.2) is 0 Å². The van der Waals surface area contributed by atoms with Crippen molar-refractivity contribution in [1.82, 2.24) is 4.57 Å². The summed E-state index contributed by atoms with van der Waals surface area (Å²) in [5.74, 6) is 0. The smallest absolute Gasteiger partial charge is 0.0547 e. The average molecular weight is 815 g/mol. The van der Waals surface area contributed by atoms with Crippen LogP contribution in [0, 0.1) is 0 Å². The van der Waals surface area contributed by atoms with Crippen molar-refractivity contribution in [2.45, 2.75) is 0 Å². The van der Waals surface area contributed by atoms with Crippen molar-refractivity contribution in [3.63, 3.8) is 0 Å². The summed E-state index contributed by atoms with van der Waals surface area (Å²) in [4.78, 5) is 2.43. The molecule has 0 radical (unpaired) electrons. The summed E-state index contributed by atoms with van der Waals surface area (Å²) in [5.41, 5.74) is 16.4. The Morgan fingerprint density at radius 1 is 0.281 bits per heavy atom. The van der Waals surface area contributed by atoms with E-state index in [9.17, 15) is 0 Å². The fourth-order valence-corrected chi connectivity index (χ4v) is 9.91. The van der Waals surface area contributed by atoms with Gasteiger partial charge in [0.15, 0.2) is 0 Å². The number of hydrogen-bond donors (Lipinski definition) is 0. The van der Waals surface area contributed by atoms with E-state index in [0.29, 0.717) is 0 Å². The molecule has 0 fully saturated rings. The van der Waals surface area contributed by atoms with Gasteiger partial charge in [-0.05, 0) is 115 Å². The quantitative estimate of drug-likeness (QED) is 0.148. The minimum absolute atomic E-state index is 1.08. The number of anilines is 3. The number of hydrogen-bond acceptors (Lipinski definition) is 1. The molecule has 12 rings (SSSR count). The first-order chi connectivity index (χ1) is 31.8. The third-order valence-corrected chi connectivity index (χ3v) is 12.8. The van der Waals surface area contributed by atoms with Crippen LogP contribution >= 0.6 is 0 Å². The second kappa shape index (κ2) is 15.8. The van der Waals surface area contributed by atoms with Gasteiger partial charge in [0.05, 0.1) is 16.7 Å². The summed E-state index contributed by atoms with van der Waals surface area (Å²) in [6, 6.07) is 92.7. The van der Waals surface area contributed by atoms with E-state index in [1.54, 1.807) is 0 Å². The van der Waals surface area contributed by atoms with Crippen molar-refractivity contribution in [2.24, 2.45) is 0 Å². The first-order valence-corrected chi connectivity index (χ1v) is 22.0. The monoisotopic (exact) mass is 814 g/mol. The molecule has 2 nitrogen and oxygen atoms in total. The lowest BCUT2D eigenvalue weighted by Gasteiger charge is -2.28. The molecule has 11 aromatic carbocycles. The highest BCUT2D eigenvalue weighted by molar-refractivity contribution is 6.17. The maximum absolute atomic E-state index is 2.43. The molecule has 12 aromatic rings. The molecule has 0 spiro atoms. The lowest BCUT2D eigenvalue weighted by atomic mass is 9.89. The van der Waals surface area contributed by atoms with Crippen LogP contribution in [0.25, 0.3) is 93.5 Å². The third-order valence-electron chi connectivity index (χ3n) is 12.8. The van der Waals surface area contributed by atoms with E-state index >= 15 is 0 Å². The fraction of sp³-hybridized carbons (Fsp3) is 0. The number of rotatable bonds is 8. The van der Waals surface area contributed by atoms with Gasteiger partial charge in [-0.15, -0.1) is 0 Å². The Morgan fingerprint density at radius 2 is 0.797 bits per heavy atom. The Bertz CT molecular complexity index is 3640. The fourth-order valence-electron chi connectivity index (χ4n) is 9.91. The summed E-state index contributed by atoms with van der Waals surface area (Å²) < 4.78 is 2.40. The van der Waals surface area contributed by atoms with E-state index in [1.807, 2.05) is 0 Å². The summed E-state index contributed by atoms with van der Waals surface area (Å²) in [5, 5.41) is 7.43. The number of para-hydroxylation sites is 3. The highest BCUT2D eigenvalue weighted by Crippen LogP contribution is 2.47. The van der Waals surface area contributed by atoms with Crippen molar-refractivity contribution in [1.29, 1.82) is 0 Å². The van der Waals surface area contributed by atoms with Crippen LogP contribution in [0.2, 0.25) is 0 Å². The maximum atomic E-state index is 2.43. The SMILES string of the molecule is c1ccc(-c2ccc3ccccc3c2-c2ccc(N(c3ccc(-c4cccc5ccccc45)cc3)c3ccccc3-c3cccc4c3c3ccccc3n4-c3ccccc3)cc2)cc1. The molecule has 0 bridgehead atoms. The predicted octanol–water partition coefficient (Wildman–Crippen LogP) is 17.2. The van der Waals surface area contributed by atoms with E-state index in [-0.39, 0.29) is 0 Å². The van der Waals surface area contributed by atoms with Gasteiger partial charge in [0.2, 0.25) is 0 Å². The van der Waals surface area contributed by atoms with Gasteiger partial charge >= 0.3 is 0 Å². The minimum atomic E-state index is 1.08. The Kier molecular flexibility index (Phi) is 9.20. The highest BCUT2D eigenvalue weighted by Gasteiger charge is 2.22. The lowest BCUT2D eigenvalue weighted by molar-refractivity contribution is 1.18. The second-order valence-electron chi connectivity index (χ2n) is 16.4. The maximum Gasteiger partial charge on any atom is 0.0547 e. The molecule has 0 aliphatic carbocycles. The zero-order valence-corrected chi connectivity index (χ0v) is 35.1. The molecule has 0 atom stereocenters. The van der Waals surface area contributed by atoms with Crippen LogP contribution in [0.5, 0.6) is 0 Å². The number of nitrogens with zero attached hydrogens (tertiary/aromatic N) is 2. The Hall–Kier alpha value is -8.46. The number of aromatic nitrogens is 1. The zero-order chi connectivity index (χ0) is 42.4. The Morgan fingerprint density at radius 3 is 1.56 bits per heavy atom. The average Bonchev–Trinajstić information content (AvgIpc) is 3.72. The van der Waals surface area contributed by atoms with E-state index < -0.39 is 0 Å². The number of fused-ring (bicyclic) bond motifs is 5. The van der Waals surface area contributed by atoms with Crippen molar-refractivity contribution in [3.05, 3.63) is 255 Å². The van der Waals surface area contributed by atoms with Crippen LogP contribution in [0.1, 0.15) is 0 Å². The van der Waals surface area contributed by atoms with Crippen LogP contribution in [-0.4, -0.2) is 4.57 Å². The predicted molar refractivity (Wildman–Crippen MR) is 272 cm³/mol. The van der Waals surface area contributed by atoms with Crippen LogP contribution in [-0.2, 0) is 0 Å². The van der Waals surface area contributed by atoms with E-state index in [1.165, 1.54) is 82.3 Å². The summed E-state index contributed by atoms with van der Waals surface area (Å²) in [6.07, 6.45) is 0. The van der Waals surface area contributed by atoms with Gasteiger partial charge < -0.3 is 9.47 Å². The molecule has 64 heavy (non-hydrogen) atoms. The van der Waals surface area contributed by atoms with Gasteiger partial charge in [-0.3, -0.25) is 0 Å². The first kappa shape index (κ1) is 37.3. The number of benzene rings is 11. The molecule has 300 valence electrons. The molecule has 0 saturated heterocycles. The van der Waals surface area contributed by atoms with Crippen LogP contribution in [0.3, 0.4) is 0 Å². The van der Waals surface area contributed by atoms with Crippen molar-refractivity contribution in [3.8, 4) is 50.2 Å². The van der Waals surface area contributed by atoms with Crippen LogP contribution < -0.4 is 4.90 Å².